The van der Waals surface area contributed by atoms with Crippen LogP contribution < -0.4 is 11.1 Å². The number of benzene rings is 1. The second kappa shape index (κ2) is 7.14. The van der Waals surface area contributed by atoms with Crippen LogP contribution in [0.2, 0.25) is 5.02 Å². The number of aryl methyl sites for hydroxylation is 1. The van der Waals surface area contributed by atoms with E-state index < -0.39 is 0 Å². The molecule has 0 saturated heterocycles. The summed E-state index contributed by atoms with van der Waals surface area (Å²) in [5.41, 5.74) is 7.56. The lowest BCUT2D eigenvalue weighted by molar-refractivity contribution is 0.175. The molecule has 0 bridgehead atoms. The highest BCUT2D eigenvalue weighted by molar-refractivity contribution is 6.31. The van der Waals surface area contributed by atoms with Crippen molar-refractivity contribution in [3.63, 3.8) is 0 Å². The standard InChI is InChI=1S/C16H24ClN3O/c1-3-20(15-6-4-5-12(15)10-18)16(21)19-13-8-7-11(2)14(17)9-13/h7-9,12,15H,3-6,10,18H2,1-2H3,(H,19,21). The van der Waals surface area contributed by atoms with Crippen LogP contribution in [0.25, 0.3) is 0 Å². The molecule has 3 N–H and O–H groups in total. The van der Waals surface area contributed by atoms with E-state index >= 15 is 0 Å². The zero-order valence-corrected chi connectivity index (χ0v) is 13.5. The zero-order valence-electron chi connectivity index (χ0n) is 12.7. The molecule has 116 valence electrons. The molecule has 0 aromatic heterocycles. The van der Waals surface area contributed by atoms with Crippen LogP contribution >= 0.6 is 11.6 Å². The number of amides is 2. The molecule has 2 amide bonds. The van der Waals surface area contributed by atoms with E-state index in [0.29, 0.717) is 24.0 Å². The minimum atomic E-state index is -0.0669. The Morgan fingerprint density at radius 3 is 2.86 bits per heavy atom. The van der Waals surface area contributed by atoms with Gasteiger partial charge < -0.3 is 16.0 Å². The van der Waals surface area contributed by atoms with Gasteiger partial charge in [-0.15, -0.1) is 0 Å². The number of urea groups is 1. The fraction of sp³-hybridized carbons (Fsp3) is 0.562. The average Bonchev–Trinajstić information content (AvgIpc) is 2.92. The van der Waals surface area contributed by atoms with E-state index in [1.807, 2.05) is 30.9 Å². The number of hydrogen-bond donors (Lipinski definition) is 2. The maximum atomic E-state index is 12.5. The van der Waals surface area contributed by atoms with Crippen molar-refractivity contribution < 1.29 is 4.79 Å². The summed E-state index contributed by atoms with van der Waals surface area (Å²) in [6.07, 6.45) is 3.30. The first-order valence-electron chi connectivity index (χ1n) is 7.60. The van der Waals surface area contributed by atoms with Crippen LogP contribution in [0.3, 0.4) is 0 Å². The summed E-state index contributed by atoms with van der Waals surface area (Å²) in [5, 5.41) is 3.61. The Balaban J connectivity index is 2.07. The number of hydrogen-bond acceptors (Lipinski definition) is 2. The van der Waals surface area contributed by atoms with Crippen molar-refractivity contribution in [1.82, 2.24) is 4.90 Å². The topological polar surface area (TPSA) is 58.4 Å². The molecule has 1 fully saturated rings. The van der Waals surface area contributed by atoms with Gasteiger partial charge in [-0.2, -0.15) is 0 Å². The lowest BCUT2D eigenvalue weighted by atomic mass is 10.0. The minimum absolute atomic E-state index is 0.0669. The number of nitrogens with one attached hydrogen (secondary N) is 1. The Labute approximate surface area is 131 Å². The Kier molecular flexibility index (Phi) is 5.48. The highest BCUT2D eigenvalue weighted by Crippen LogP contribution is 2.30. The van der Waals surface area contributed by atoms with Crippen LogP contribution in [0.1, 0.15) is 31.7 Å². The fourth-order valence-corrected chi connectivity index (χ4v) is 3.28. The molecule has 2 atom stereocenters. The average molecular weight is 310 g/mol. The van der Waals surface area contributed by atoms with Crippen LogP contribution in [0.5, 0.6) is 0 Å². The smallest absolute Gasteiger partial charge is 0.322 e. The molecule has 1 saturated carbocycles. The van der Waals surface area contributed by atoms with Crippen molar-refractivity contribution in [1.29, 1.82) is 0 Å². The highest BCUT2D eigenvalue weighted by atomic mass is 35.5. The number of anilines is 1. The van der Waals surface area contributed by atoms with Gasteiger partial charge in [-0.1, -0.05) is 24.1 Å². The third-order valence-corrected chi connectivity index (χ3v) is 4.75. The monoisotopic (exact) mass is 309 g/mol. The SMILES string of the molecule is CCN(C(=O)Nc1ccc(C)c(Cl)c1)C1CCCC1CN. The van der Waals surface area contributed by atoms with Crippen molar-refractivity contribution in [3.05, 3.63) is 28.8 Å². The summed E-state index contributed by atoms with van der Waals surface area (Å²) in [6, 6.07) is 5.76. The molecule has 2 rings (SSSR count). The van der Waals surface area contributed by atoms with Gasteiger partial charge in [-0.25, -0.2) is 4.79 Å². The largest absolute Gasteiger partial charge is 0.330 e. The van der Waals surface area contributed by atoms with Crippen molar-refractivity contribution in [2.24, 2.45) is 11.7 Å². The summed E-state index contributed by atoms with van der Waals surface area (Å²) in [6.45, 7) is 5.28. The molecule has 5 heteroatoms. The Morgan fingerprint density at radius 1 is 1.48 bits per heavy atom. The molecule has 0 spiro atoms. The van der Waals surface area contributed by atoms with Crippen molar-refractivity contribution in [2.45, 2.75) is 39.2 Å². The lowest BCUT2D eigenvalue weighted by Gasteiger charge is -2.32. The third-order valence-electron chi connectivity index (χ3n) is 4.35. The second-order valence-corrected chi connectivity index (χ2v) is 6.08. The predicted molar refractivity (Wildman–Crippen MR) is 87.8 cm³/mol. The molecule has 4 nitrogen and oxygen atoms in total. The molecular formula is C16H24ClN3O. The molecule has 1 aliphatic carbocycles. The first kappa shape index (κ1) is 16.1. The molecule has 21 heavy (non-hydrogen) atoms. The Morgan fingerprint density at radius 2 is 2.24 bits per heavy atom. The quantitative estimate of drug-likeness (QED) is 0.892. The number of rotatable bonds is 4. The molecule has 0 radical (unpaired) electrons. The van der Waals surface area contributed by atoms with Gasteiger partial charge in [0.05, 0.1) is 0 Å². The van der Waals surface area contributed by atoms with Crippen LogP contribution in [-0.2, 0) is 0 Å². The van der Waals surface area contributed by atoms with Gasteiger partial charge >= 0.3 is 6.03 Å². The second-order valence-electron chi connectivity index (χ2n) is 5.67. The predicted octanol–water partition coefficient (Wildman–Crippen LogP) is 3.63. The van der Waals surface area contributed by atoms with Crippen molar-refractivity contribution >= 4 is 23.3 Å². The summed E-state index contributed by atoms with van der Waals surface area (Å²) < 4.78 is 0. The summed E-state index contributed by atoms with van der Waals surface area (Å²) in [7, 11) is 0. The number of nitrogens with zero attached hydrogens (tertiary/aromatic N) is 1. The van der Waals surface area contributed by atoms with E-state index in [1.54, 1.807) is 6.07 Å². The summed E-state index contributed by atoms with van der Waals surface area (Å²) in [4.78, 5) is 14.4. The maximum Gasteiger partial charge on any atom is 0.322 e. The molecule has 1 aliphatic rings. The van der Waals surface area contributed by atoms with E-state index in [1.165, 1.54) is 0 Å². The first-order chi connectivity index (χ1) is 10.1. The Hall–Kier alpha value is -1.26. The molecule has 1 aromatic rings. The van der Waals surface area contributed by atoms with Gasteiger partial charge in [-0.3, -0.25) is 0 Å². The lowest BCUT2D eigenvalue weighted by Crippen LogP contribution is -2.46. The van der Waals surface area contributed by atoms with Crippen molar-refractivity contribution in [2.75, 3.05) is 18.4 Å². The molecule has 0 aliphatic heterocycles. The Bertz CT molecular complexity index is 506. The van der Waals surface area contributed by atoms with Crippen LogP contribution in [-0.4, -0.2) is 30.1 Å². The van der Waals surface area contributed by atoms with Crippen LogP contribution in [0.4, 0.5) is 10.5 Å². The molecular weight excluding hydrogens is 286 g/mol. The van der Waals surface area contributed by atoms with E-state index in [-0.39, 0.29) is 12.1 Å². The number of carbonyl (C=O) groups excluding carboxylic acids is 1. The van der Waals surface area contributed by atoms with Crippen LogP contribution in [0.15, 0.2) is 18.2 Å². The number of halogens is 1. The molecule has 2 unspecified atom stereocenters. The molecule has 1 aromatic carbocycles. The van der Waals surface area contributed by atoms with E-state index in [2.05, 4.69) is 5.32 Å². The van der Waals surface area contributed by atoms with Gasteiger partial charge in [0.15, 0.2) is 0 Å². The van der Waals surface area contributed by atoms with E-state index in [0.717, 1.165) is 30.5 Å². The number of nitrogens with two attached hydrogens (primary N) is 1. The normalized spacial score (nSPS) is 21.3. The van der Waals surface area contributed by atoms with Gasteiger partial charge in [0.2, 0.25) is 0 Å². The van der Waals surface area contributed by atoms with E-state index in [9.17, 15) is 4.79 Å². The fourth-order valence-electron chi connectivity index (χ4n) is 3.10. The van der Waals surface area contributed by atoms with Gasteiger partial charge in [0.25, 0.3) is 0 Å². The van der Waals surface area contributed by atoms with Gasteiger partial charge in [0.1, 0.15) is 0 Å². The molecule has 0 heterocycles. The summed E-state index contributed by atoms with van der Waals surface area (Å²) >= 11 is 6.10. The van der Waals surface area contributed by atoms with Crippen LogP contribution in [0, 0.1) is 12.8 Å². The number of carbonyl (C=O) groups is 1. The first-order valence-corrected chi connectivity index (χ1v) is 7.98. The maximum absolute atomic E-state index is 12.5. The highest BCUT2D eigenvalue weighted by Gasteiger charge is 2.33. The minimum Gasteiger partial charge on any atom is -0.330 e. The summed E-state index contributed by atoms with van der Waals surface area (Å²) in [5.74, 6) is 0.414. The van der Waals surface area contributed by atoms with Crippen molar-refractivity contribution in [3.8, 4) is 0 Å². The van der Waals surface area contributed by atoms with Gasteiger partial charge in [0, 0.05) is 23.3 Å². The van der Waals surface area contributed by atoms with E-state index in [4.69, 9.17) is 17.3 Å². The third kappa shape index (κ3) is 3.69. The zero-order chi connectivity index (χ0) is 15.4. The van der Waals surface area contributed by atoms with Gasteiger partial charge in [-0.05, 0) is 56.8 Å².